The zero-order valence-electron chi connectivity index (χ0n) is 16.6. The highest BCUT2D eigenvalue weighted by Crippen LogP contribution is 2.30. The molecule has 0 saturated carbocycles. The molecule has 0 amide bonds. The van der Waals surface area contributed by atoms with Gasteiger partial charge in [0, 0.05) is 54.1 Å². The van der Waals surface area contributed by atoms with Crippen LogP contribution in [0.2, 0.25) is 5.02 Å². The van der Waals surface area contributed by atoms with Crippen LogP contribution in [0, 0.1) is 0 Å². The van der Waals surface area contributed by atoms with Gasteiger partial charge in [-0.05, 0) is 32.0 Å². The molecule has 1 N–H and O–H groups in total. The molecule has 0 atom stereocenters. The Morgan fingerprint density at radius 2 is 1.55 bits per heavy atom. The lowest BCUT2D eigenvalue weighted by Gasteiger charge is -2.40. The second-order valence-corrected chi connectivity index (χ2v) is 8.12. The lowest BCUT2D eigenvalue weighted by atomic mass is 9.89. The molecule has 0 aromatic heterocycles. The van der Waals surface area contributed by atoms with Crippen LogP contribution in [0.15, 0.2) is 59.9 Å². The third kappa shape index (κ3) is 3.80. The SMILES string of the molecule is CC(C)N1CCN(C2=C(Nc3cccc(Cl)c3)C(=O)c3ccccc3C2=O)CC1. The van der Waals surface area contributed by atoms with Crippen LogP contribution in [0.25, 0.3) is 0 Å². The number of carbonyl (C=O) groups is 2. The number of ketones is 2. The Hall–Kier alpha value is -2.63. The van der Waals surface area contributed by atoms with E-state index in [4.69, 9.17) is 11.6 Å². The van der Waals surface area contributed by atoms with E-state index in [1.54, 1.807) is 36.4 Å². The molecule has 4 rings (SSSR count). The summed E-state index contributed by atoms with van der Waals surface area (Å²) in [5, 5.41) is 3.76. The Labute approximate surface area is 175 Å². The van der Waals surface area contributed by atoms with Gasteiger partial charge in [-0.2, -0.15) is 0 Å². The summed E-state index contributed by atoms with van der Waals surface area (Å²) in [6.45, 7) is 7.47. The summed E-state index contributed by atoms with van der Waals surface area (Å²) in [6, 6.07) is 14.7. The van der Waals surface area contributed by atoms with Crippen molar-refractivity contribution in [3.8, 4) is 0 Å². The number of fused-ring (bicyclic) bond motifs is 1. The van der Waals surface area contributed by atoms with E-state index < -0.39 is 0 Å². The van der Waals surface area contributed by atoms with Crippen molar-refractivity contribution in [3.63, 3.8) is 0 Å². The molecule has 1 saturated heterocycles. The molecule has 1 aliphatic heterocycles. The number of hydrogen-bond donors (Lipinski definition) is 1. The zero-order valence-corrected chi connectivity index (χ0v) is 17.4. The van der Waals surface area contributed by atoms with Gasteiger partial charge in [0.1, 0.15) is 11.4 Å². The molecule has 1 heterocycles. The molecule has 2 aliphatic rings. The molecule has 0 unspecified atom stereocenters. The van der Waals surface area contributed by atoms with Crippen LogP contribution in [-0.2, 0) is 0 Å². The average Bonchev–Trinajstić information content (AvgIpc) is 2.72. The van der Waals surface area contributed by atoms with Crippen LogP contribution in [0.4, 0.5) is 5.69 Å². The molecule has 0 radical (unpaired) electrons. The second kappa shape index (κ2) is 8.01. The van der Waals surface area contributed by atoms with Gasteiger partial charge in [0.05, 0.1) is 0 Å². The average molecular weight is 410 g/mol. The van der Waals surface area contributed by atoms with Gasteiger partial charge in [0.25, 0.3) is 0 Å². The molecule has 0 bridgehead atoms. The van der Waals surface area contributed by atoms with E-state index >= 15 is 0 Å². The van der Waals surface area contributed by atoms with E-state index in [9.17, 15) is 9.59 Å². The highest BCUT2D eigenvalue weighted by Gasteiger charge is 2.36. The van der Waals surface area contributed by atoms with Gasteiger partial charge >= 0.3 is 0 Å². The number of anilines is 1. The van der Waals surface area contributed by atoms with Crippen LogP contribution in [0.1, 0.15) is 34.6 Å². The summed E-state index contributed by atoms with van der Waals surface area (Å²) < 4.78 is 0. The van der Waals surface area contributed by atoms with Gasteiger partial charge in [-0.25, -0.2) is 0 Å². The molecule has 2 aromatic carbocycles. The lowest BCUT2D eigenvalue weighted by molar-refractivity contribution is 0.0882. The number of nitrogens with one attached hydrogen (secondary N) is 1. The topological polar surface area (TPSA) is 52.6 Å². The monoisotopic (exact) mass is 409 g/mol. The van der Waals surface area contributed by atoms with Crippen molar-refractivity contribution in [1.82, 2.24) is 9.80 Å². The van der Waals surface area contributed by atoms with E-state index in [0.717, 1.165) is 13.1 Å². The van der Waals surface area contributed by atoms with Crippen LogP contribution in [0.3, 0.4) is 0 Å². The lowest BCUT2D eigenvalue weighted by Crippen LogP contribution is -2.50. The Balaban J connectivity index is 1.75. The maximum Gasteiger partial charge on any atom is 0.212 e. The first-order chi connectivity index (χ1) is 14.0. The Morgan fingerprint density at radius 3 is 2.17 bits per heavy atom. The smallest absolute Gasteiger partial charge is 0.212 e. The number of rotatable bonds is 4. The molecular formula is C23H24ClN3O2. The quantitative estimate of drug-likeness (QED) is 0.824. The van der Waals surface area contributed by atoms with E-state index in [0.29, 0.717) is 52.4 Å². The van der Waals surface area contributed by atoms with E-state index in [-0.39, 0.29) is 11.6 Å². The fraction of sp³-hybridized carbons (Fsp3) is 0.304. The normalized spacial score (nSPS) is 17.7. The summed E-state index contributed by atoms with van der Waals surface area (Å²) >= 11 is 6.12. The molecule has 1 aliphatic carbocycles. The van der Waals surface area contributed by atoms with E-state index in [1.165, 1.54) is 0 Å². The minimum Gasteiger partial charge on any atom is -0.364 e. The van der Waals surface area contributed by atoms with Crippen molar-refractivity contribution >= 4 is 28.9 Å². The Kier molecular flexibility index (Phi) is 5.43. The summed E-state index contributed by atoms with van der Waals surface area (Å²) in [5.41, 5.74) is 2.37. The molecule has 6 heteroatoms. The van der Waals surface area contributed by atoms with Crippen molar-refractivity contribution in [2.24, 2.45) is 0 Å². The van der Waals surface area contributed by atoms with E-state index in [1.807, 2.05) is 17.0 Å². The number of benzene rings is 2. The number of piperazine rings is 1. The van der Waals surface area contributed by atoms with Gasteiger partial charge in [0.2, 0.25) is 11.6 Å². The summed E-state index contributed by atoms with van der Waals surface area (Å²) in [5.74, 6) is -0.274. The number of nitrogens with zero attached hydrogens (tertiary/aromatic N) is 2. The number of Topliss-reactive ketones (excluding diaryl/α,β-unsaturated/α-hetero) is 2. The first kappa shape index (κ1) is 19.7. The minimum absolute atomic E-state index is 0.109. The van der Waals surface area contributed by atoms with Gasteiger partial charge in [0.15, 0.2) is 0 Å². The number of carbonyl (C=O) groups excluding carboxylic acids is 2. The van der Waals surface area contributed by atoms with Crippen LogP contribution >= 0.6 is 11.6 Å². The molecular weight excluding hydrogens is 386 g/mol. The van der Waals surface area contributed by atoms with Crippen molar-refractivity contribution in [1.29, 1.82) is 0 Å². The number of hydrogen-bond acceptors (Lipinski definition) is 5. The first-order valence-electron chi connectivity index (χ1n) is 9.90. The van der Waals surface area contributed by atoms with Crippen molar-refractivity contribution in [2.45, 2.75) is 19.9 Å². The van der Waals surface area contributed by atoms with Crippen molar-refractivity contribution < 1.29 is 9.59 Å². The van der Waals surface area contributed by atoms with Gasteiger partial charge in [-0.3, -0.25) is 14.5 Å². The maximum absolute atomic E-state index is 13.4. The van der Waals surface area contributed by atoms with Gasteiger partial charge in [-0.1, -0.05) is 41.9 Å². The number of halogens is 1. The molecule has 5 nitrogen and oxygen atoms in total. The highest BCUT2D eigenvalue weighted by atomic mass is 35.5. The maximum atomic E-state index is 13.4. The Bertz CT molecular complexity index is 991. The summed E-state index contributed by atoms with van der Waals surface area (Å²) in [4.78, 5) is 31.2. The molecule has 29 heavy (non-hydrogen) atoms. The predicted octanol–water partition coefficient (Wildman–Crippen LogP) is 4.07. The molecule has 150 valence electrons. The standard InChI is InChI=1S/C23H24ClN3O2/c1-15(2)26-10-12-27(13-11-26)21-20(25-17-7-5-6-16(24)14-17)22(28)18-8-3-4-9-19(18)23(21)29/h3-9,14-15,25H,10-13H2,1-2H3. The predicted molar refractivity (Wildman–Crippen MR) is 115 cm³/mol. The fourth-order valence-electron chi connectivity index (χ4n) is 3.95. The first-order valence-corrected chi connectivity index (χ1v) is 10.3. The molecule has 2 aromatic rings. The largest absolute Gasteiger partial charge is 0.364 e. The van der Waals surface area contributed by atoms with Crippen molar-refractivity contribution in [3.05, 3.63) is 76.1 Å². The Morgan fingerprint density at radius 1 is 0.897 bits per heavy atom. The molecule has 0 spiro atoms. The van der Waals surface area contributed by atoms with Gasteiger partial charge in [-0.15, -0.1) is 0 Å². The number of allylic oxidation sites excluding steroid dienone is 2. The fourth-order valence-corrected chi connectivity index (χ4v) is 4.14. The third-order valence-corrected chi connectivity index (χ3v) is 5.79. The van der Waals surface area contributed by atoms with Gasteiger partial charge < -0.3 is 10.2 Å². The highest BCUT2D eigenvalue weighted by molar-refractivity contribution is 6.31. The summed E-state index contributed by atoms with van der Waals surface area (Å²) in [7, 11) is 0. The van der Waals surface area contributed by atoms with Crippen molar-refractivity contribution in [2.75, 3.05) is 31.5 Å². The second-order valence-electron chi connectivity index (χ2n) is 7.68. The third-order valence-electron chi connectivity index (χ3n) is 5.55. The minimum atomic E-state index is -0.165. The van der Waals surface area contributed by atoms with Crippen LogP contribution < -0.4 is 5.32 Å². The summed E-state index contributed by atoms with van der Waals surface area (Å²) in [6.07, 6.45) is 0. The van der Waals surface area contributed by atoms with Crippen LogP contribution in [0.5, 0.6) is 0 Å². The zero-order chi connectivity index (χ0) is 20.5. The molecule has 1 fully saturated rings. The van der Waals surface area contributed by atoms with Crippen LogP contribution in [-0.4, -0.2) is 53.6 Å². The van der Waals surface area contributed by atoms with E-state index in [2.05, 4.69) is 24.1 Å².